The summed E-state index contributed by atoms with van der Waals surface area (Å²) >= 11 is 5.93. The number of furan rings is 1. The Kier molecular flexibility index (Phi) is 4.18. The summed E-state index contributed by atoms with van der Waals surface area (Å²) in [6.45, 7) is 1.80. The quantitative estimate of drug-likeness (QED) is 0.354. The summed E-state index contributed by atoms with van der Waals surface area (Å²) in [6, 6.07) is 11.6. The van der Waals surface area contributed by atoms with Gasteiger partial charge in [0.1, 0.15) is 40.3 Å². The van der Waals surface area contributed by atoms with Crippen LogP contribution in [0, 0.1) is 6.92 Å². The third-order valence-electron chi connectivity index (χ3n) is 5.23. The minimum absolute atomic E-state index is 0.0208. The predicted molar refractivity (Wildman–Crippen MR) is 110 cm³/mol. The molecule has 0 unspecified atom stereocenters. The van der Waals surface area contributed by atoms with E-state index in [1.807, 2.05) is 0 Å². The number of hydrogen-bond acceptors (Lipinski definition) is 6. The topological polar surface area (TPSA) is 89.9 Å². The third kappa shape index (κ3) is 2.88. The SMILES string of the molecule is Cc1ccc([C@H]2CC(=O)Oc3cc(O)c4c(=O)c(-c5ccc(Cl)cc5)coc4c32)o1. The molecule has 1 aliphatic heterocycles. The van der Waals surface area contributed by atoms with Crippen molar-refractivity contribution in [1.29, 1.82) is 0 Å². The highest BCUT2D eigenvalue weighted by Crippen LogP contribution is 2.45. The molecular weight excluding hydrogens is 408 g/mol. The van der Waals surface area contributed by atoms with Gasteiger partial charge in [-0.2, -0.15) is 0 Å². The molecule has 1 N–H and O–H groups in total. The lowest BCUT2D eigenvalue weighted by Gasteiger charge is -2.24. The lowest BCUT2D eigenvalue weighted by Crippen LogP contribution is -2.21. The number of hydrogen-bond donors (Lipinski definition) is 1. The molecule has 0 saturated heterocycles. The van der Waals surface area contributed by atoms with Gasteiger partial charge in [-0.25, -0.2) is 0 Å². The molecule has 7 heteroatoms. The van der Waals surface area contributed by atoms with E-state index < -0.39 is 17.3 Å². The molecule has 0 amide bonds. The third-order valence-corrected chi connectivity index (χ3v) is 5.48. The molecule has 1 atom stereocenters. The second-order valence-electron chi connectivity index (χ2n) is 7.18. The molecule has 2 aromatic carbocycles. The zero-order valence-electron chi connectivity index (χ0n) is 15.8. The average Bonchev–Trinajstić information content (AvgIpc) is 3.14. The Balaban J connectivity index is 1.78. The number of phenols is 1. The van der Waals surface area contributed by atoms with Crippen LogP contribution in [0.2, 0.25) is 5.02 Å². The number of esters is 1. The lowest BCUT2D eigenvalue weighted by molar-refractivity contribution is -0.135. The first-order valence-electron chi connectivity index (χ1n) is 9.26. The first-order valence-corrected chi connectivity index (χ1v) is 9.64. The Morgan fingerprint density at radius 2 is 1.87 bits per heavy atom. The molecule has 0 aliphatic carbocycles. The van der Waals surface area contributed by atoms with Gasteiger partial charge in [0.15, 0.2) is 0 Å². The standard InChI is InChI=1S/C23H15ClO6/c1-11-2-7-17(29-11)14-8-19(26)30-18-9-16(25)21-22(27)15(10-28-23(21)20(14)18)12-3-5-13(24)6-4-12/h2-7,9-10,14,25H,8H2,1H3/t14-/m1/s1. The molecule has 6 nitrogen and oxygen atoms in total. The van der Waals surface area contributed by atoms with E-state index in [2.05, 4.69) is 0 Å². The molecule has 0 fully saturated rings. The van der Waals surface area contributed by atoms with Gasteiger partial charge < -0.3 is 18.7 Å². The first kappa shape index (κ1) is 18.5. The van der Waals surface area contributed by atoms with Gasteiger partial charge in [0, 0.05) is 16.7 Å². The van der Waals surface area contributed by atoms with Crippen LogP contribution in [-0.4, -0.2) is 11.1 Å². The Bertz CT molecular complexity index is 1360. The van der Waals surface area contributed by atoms with Gasteiger partial charge in [-0.1, -0.05) is 23.7 Å². The zero-order valence-corrected chi connectivity index (χ0v) is 16.5. The fourth-order valence-electron chi connectivity index (χ4n) is 3.84. The van der Waals surface area contributed by atoms with Crippen molar-refractivity contribution in [3.05, 3.63) is 81.1 Å². The number of carbonyl (C=O) groups is 1. The second-order valence-corrected chi connectivity index (χ2v) is 7.61. The van der Waals surface area contributed by atoms with Gasteiger partial charge >= 0.3 is 5.97 Å². The van der Waals surface area contributed by atoms with Crippen molar-refractivity contribution >= 4 is 28.5 Å². The van der Waals surface area contributed by atoms with E-state index in [1.54, 1.807) is 43.3 Å². The number of aryl methyl sites for hydroxylation is 1. The molecule has 5 rings (SSSR count). The Morgan fingerprint density at radius 1 is 1.10 bits per heavy atom. The van der Waals surface area contributed by atoms with Gasteiger partial charge in [-0.15, -0.1) is 0 Å². The van der Waals surface area contributed by atoms with Crippen LogP contribution in [-0.2, 0) is 4.79 Å². The summed E-state index contributed by atoms with van der Waals surface area (Å²) in [5.74, 6) is 0.125. The number of phenolic OH excluding ortho intramolecular Hbond substituents is 1. The lowest BCUT2D eigenvalue weighted by atomic mass is 9.88. The van der Waals surface area contributed by atoms with Gasteiger partial charge in [0.05, 0.1) is 17.9 Å². The molecule has 0 spiro atoms. The minimum atomic E-state index is -0.498. The number of benzene rings is 2. The molecule has 0 saturated carbocycles. The van der Waals surface area contributed by atoms with Crippen molar-refractivity contribution in [3.63, 3.8) is 0 Å². The van der Waals surface area contributed by atoms with E-state index in [9.17, 15) is 14.7 Å². The van der Waals surface area contributed by atoms with Gasteiger partial charge in [0.2, 0.25) is 5.43 Å². The van der Waals surface area contributed by atoms with Crippen molar-refractivity contribution in [3.8, 4) is 22.6 Å². The smallest absolute Gasteiger partial charge is 0.312 e. The van der Waals surface area contributed by atoms with Crippen molar-refractivity contribution in [2.75, 3.05) is 0 Å². The normalized spacial score (nSPS) is 15.8. The van der Waals surface area contributed by atoms with Crippen LogP contribution >= 0.6 is 11.6 Å². The molecule has 150 valence electrons. The van der Waals surface area contributed by atoms with Gasteiger partial charge in [-0.05, 0) is 36.8 Å². The zero-order chi connectivity index (χ0) is 21.0. The minimum Gasteiger partial charge on any atom is -0.507 e. The number of halogens is 1. The summed E-state index contributed by atoms with van der Waals surface area (Å²) in [5, 5.41) is 11.1. The van der Waals surface area contributed by atoms with Crippen LogP contribution in [0.5, 0.6) is 11.5 Å². The number of ether oxygens (including phenoxy) is 1. The van der Waals surface area contributed by atoms with Crippen molar-refractivity contribution in [1.82, 2.24) is 0 Å². The number of fused-ring (bicyclic) bond motifs is 3. The van der Waals surface area contributed by atoms with E-state index in [1.165, 1.54) is 12.3 Å². The van der Waals surface area contributed by atoms with Gasteiger partial charge in [-0.3, -0.25) is 9.59 Å². The van der Waals surface area contributed by atoms with Crippen LogP contribution in [0.25, 0.3) is 22.1 Å². The van der Waals surface area contributed by atoms with Crippen LogP contribution in [0.3, 0.4) is 0 Å². The molecule has 0 bridgehead atoms. The van der Waals surface area contributed by atoms with E-state index >= 15 is 0 Å². The molecule has 0 radical (unpaired) electrons. The van der Waals surface area contributed by atoms with Crippen molar-refractivity contribution < 1.29 is 23.5 Å². The maximum absolute atomic E-state index is 13.2. The largest absolute Gasteiger partial charge is 0.507 e. The number of aromatic hydroxyl groups is 1. The number of carbonyl (C=O) groups excluding carboxylic acids is 1. The molecule has 2 aromatic heterocycles. The number of rotatable bonds is 2. The average molecular weight is 423 g/mol. The summed E-state index contributed by atoms with van der Waals surface area (Å²) in [6.07, 6.45) is 1.37. The summed E-state index contributed by atoms with van der Waals surface area (Å²) < 4.78 is 16.9. The maximum Gasteiger partial charge on any atom is 0.312 e. The molecule has 1 aliphatic rings. The van der Waals surface area contributed by atoms with Gasteiger partial charge in [0.25, 0.3) is 0 Å². The summed E-state index contributed by atoms with van der Waals surface area (Å²) in [4.78, 5) is 25.4. The molecule has 30 heavy (non-hydrogen) atoms. The Hall–Kier alpha value is -3.51. The summed E-state index contributed by atoms with van der Waals surface area (Å²) in [7, 11) is 0. The molecule has 4 aromatic rings. The Morgan fingerprint density at radius 3 is 2.57 bits per heavy atom. The van der Waals surface area contributed by atoms with E-state index in [0.29, 0.717) is 27.7 Å². The van der Waals surface area contributed by atoms with E-state index in [0.717, 1.165) is 0 Å². The second kappa shape index (κ2) is 6.78. The summed E-state index contributed by atoms with van der Waals surface area (Å²) in [5.41, 5.74) is 1.16. The predicted octanol–water partition coefficient (Wildman–Crippen LogP) is 5.16. The van der Waals surface area contributed by atoms with Crippen LogP contribution in [0.15, 0.2) is 62.4 Å². The van der Waals surface area contributed by atoms with E-state index in [4.69, 9.17) is 25.2 Å². The van der Waals surface area contributed by atoms with Crippen LogP contribution in [0.1, 0.15) is 29.4 Å². The Labute approximate surface area is 175 Å². The van der Waals surface area contributed by atoms with Crippen molar-refractivity contribution in [2.45, 2.75) is 19.3 Å². The maximum atomic E-state index is 13.2. The van der Waals surface area contributed by atoms with Crippen molar-refractivity contribution in [2.24, 2.45) is 0 Å². The monoisotopic (exact) mass is 422 g/mol. The first-order chi connectivity index (χ1) is 14.4. The molecule has 3 heterocycles. The fraction of sp³-hybridized carbons (Fsp3) is 0.130. The molecular formula is C23H15ClO6. The van der Waals surface area contributed by atoms with Crippen LogP contribution in [0.4, 0.5) is 0 Å². The fourth-order valence-corrected chi connectivity index (χ4v) is 3.97. The highest BCUT2D eigenvalue weighted by Gasteiger charge is 2.35. The van der Waals surface area contributed by atoms with E-state index in [-0.39, 0.29) is 34.5 Å². The highest BCUT2D eigenvalue weighted by molar-refractivity contribution is 6.30. The van der Waals surface area contributed by atoms with Crippen LogP contribution < -0.4 is 10.2 Å². The highest BCUT2D eigenvalue weighted by atomic mass is 35.5.